The largest absolute Gasteiger partial charge is 0.444 e. The molecule has 0 aromatic carbocycles. The van der Waals surface area contributed by atoms with Crippen LogP contribution >= 0.6 is 11.3 Å². The lowest BCUT2D eigenvalue weighted by atomic mass is 10.2. The minimum Gasteiger partial charge on any atom is -0.444 e. The van der Waals surface area contributed by atoms with Gasteiger partial charge in [-0.05, 0) is 39.8 Å². The maximum absolute atomic E-state index is 11.7. The van der Waals surface area contributed by atoms with E-state index >= 15 is 0 Å². The molecule has 118 valence electrons. The Morgan fingerprint density at radius 3 is 2.64 bits per heavy atom. The van der Waals surface area contributed by atoms with Crippen LogP contribution in [0.25, 0.3) is 0 Å². The first-order valence-electron chi connectivity index (χ1n) is 6.95. The number of ether oxygens (including phenoxy) is 1. The Hall–Kier alpha value is -2.15. The summed E-state index contributed by atoms with van der Waals surface area (Å²) in [5, 5.41) is 8.85. The highest BCUT2D eigenvalue weighted by molar-refractivity contribution is 7.09. The Bertz CT molecular complexity index is 605. The second-order valence-corrected chi connectivity index (χ2v) is 6.72. The van der Waals surface area contributed by atoms with E-state index in [-0.39, 0.29) is 6.04 Å². The Kier molecular flexibility index (Phi) is 4.97. The van der Waals surface area contributed by atoms with Gasteiger partial charge >= 0.3 is 6.09 Å². The van der Waals surface area contributed by atoms with Crippen LogP contribution in [-0.4, -0.2) is 21.7 Å². The predicted octanol–water partition coefficient (Wildman–Crippen LogP) is 4.06. The molecule has 2 rings (SSSR count). The van der Waals surface area contributed by atoms with E-state index in [0.717, 1.165) is 10.7 Å². The molecule has 7 heteroatoms. The van der Waals surface area contributed by atoms with Gasteiger partial charge in [0.25, 0.3) is 0 Å². The molecule has 0 saturated carbocycles. The van der Waals surface area contributed by atoms with Crippen molar-refractivity contribution in [3.8, 4) is 0 Å². The standard InChI is InChI=1S/C15H20N4O2S/c1-10(13-16-7-8-22-13)18-11-5-6-12(17-9-11)19-14(20)21-15(2,3)4/h5-10,18H,1-4H3,(H,17,19,20). The van der Waals surface area contributed by atoms with Crippen molar-refractivity contribution in [3.63, 3.8) is 0 Å². The highest BCUT2D eigenvalue weighted by Gasteiger charge is 2.16. The van der Waals surface area contributed by atoms with Crippen LogP contribution in [0.15, 0.2) is 29.9 Å². The average Bonchev–Trinajstić information content (AvgIpc) is 2.92. The minimum atomic E-state index is -0.533. The third-order valence-electron chi connectivity index (χ3n) is 2.60. The van der Waals surface area contributed by atoms with Crippen LogP contribution in [0.3, 0.4) is 0 Å². The van der Waals surface area contributed by atoms with Crippen molar-refractivity contribution in [3.05, 3.63) is 34.9 Å². The van der Waals surface area contributed by atoms with Gasteiger partial charge in [0.15, 0.2) is 0 Å². The van der Waals surface area contributed by atoms with Crippen molar-refractivity contribution in [2.45, 2.75) is 39.3 Å². The van der Waals surface area contributed by atoms with Gasteiger partial charge in [0.1, 0.15) is 16.4 Å². The maximum Gasteiger partial charge on any atom is 0.413 e. The van der Waals surface area contributed by atoms with E-state index in [9.17, 15) is 4.79 Å². The van der Waals surface area contributed by atoms with Gasteiger partial charge in [-0.15, -0.1) is 11.3 Å². The molecule has 0 saturated heterocycles. The number of anilines is 2. The van der Waals surface area contributed by atoms with Gasteiger partial charge in [-0.25, -0.2) is 14.8 Å². The van der Waals surface area contributed by atoms with Gasteiger partial charge in [-0.3, -0.25) is 5.32 Å². The van der Waals surface area contributed by atoms with Gasteiger partial charge in [-0.1, -0.05) is 0 Å². The van der Waals surface area contributed by atoms with Crippen LogP contribution in [0.5, 0.6) is 0 Å². The van der Waals surface area contributed by atoms with E-state index in [0.29, 0.717) is 5.82 Å². The molecule has 6 nitrogen and oxygen atoms in total. The van der Waals surface area contributed by atoms with Crippen molar-refractivity contribution in [1.29, 1.82) is 0 Å². The van der Waals surface area contributed by atoms with Crippen molar-refractivity contribution < 1.29 is 9.53 Å². The van der Waals surface area contributed by atoms with E-state index in [1.165, 1.54) is 0 Å². The summed E-state index contributed by atoms with van der Waals surface area (Å²) in [5.41, 5.74) is 0.326. The Balaban J connectivity index is 1.91. The smallest absolute Gasteiger partial charge is 0.413 e. The van der Waals surface area contributed by atoms with Gasteiger partial charge in [-0.2, -0.15) is 0 Å². The molecule has 2 heterocycles. The summed E-state index contributed by atoms with van der Waals surface area (Å²) >= 11 is 1.60. The summed E-state index contributed by atoms with van der Waals surface area (Å²) in [6.07, 6.45) is 2.93. The zero-order chi connectivity index (χ0) is 16.2. The molecule has 0 aliphatic carbocycles. The number of aromatic nitrogens is 2. The SMILES string of the molecule is CC(Nc1ccc(NC(=O)OC(C)(C)C)nc1)c1nccs1. The zero-order valence-electron chi connectivity index (χ0n) is 13.1. The second-order valence-electron chi connectivity index (χ2n) is 5.80. The van der Waals surface area contributed by atoms with Gasteiger partial charge < -0.3 is 10.1 Å². The van der Waals surface area contributed by atoms with E-state index < -0.39 is 11.7 Å². The van der Waals surface area contributed by atoms with Gasteiger partial charge in [0.2, 0.25) is 0 Å². The number of nitrogens with one attached hydrogen (secondary N) is 2. The number of hydrogen-bond donors (Lipinski definition) is 2. The molecule has 2 aromatic rings. The molecule has 1 atom stereocenters. The number of pyridine rings is 1. The highest BCUT2D eigenvalue weighted by Crippen LogP contribution is 2.21. The number of thiazole rings is 1. The van der Waals surface area contributed by atoms with Crippen molar-refractivity contribution in [2.24, 2.45) is 0 Å². The summed E-state index contributed by atoms with van der Waals surface area (Å²) in [7, 11) is 0. The lowest BCUT2D eigenvalue weighted by Gasteiger charge is -2.19. The number of amides is 1. The molecule has 1 amide bonds. The highest BCUT2D eigenvalue weighted by atomic mass is 32.1. The fourth-order valence-corrected chi connectivity index (χ4v) is 2.37. The summed E-state index contributed by atoms with van der Waals surface area (Å²) in [4.78, 5) is 20.1. The van der Waals surface area contributed by atoms with Crippen LogP contribution in [0, 0.1) is 0 Å². The topological polar surface area (TPSA) is 76.1 Å². The summed E-state index contributed by atoms with van der Waals surface area (Å²) < 4.78 is 5.17. The number of rotatable bonds is 4. The molecular weight excluding hydrogens is 300 g/mol. The van der Waals surface area contributed by atoms with Gasteiger partial charge in [0, 0.05) is 11.6 Å². The molecule has 0 fully saturated rings. The Labute approximate surface area is 133 Å². The Morgan fingerprint density at radius 1 is 1.32 bits per heavy atom. The summed E-state index contributed by atoms with van der Waals surface area (Å²) in [6, 6.07) is 3.68. The van der Waals surface area contributed by atoms with Crippen LogP contribution in [-0.2, 0) is 4.74 Å². The van der Waals surface area contributed by atoms with Crippen LogP contribution in [0.4, 0.5) is 16.3 Å². The number of hydrogen-bond acceptors (Lipinski definition) is 6. The van der Waals surface area contributed by atoms with Crippen LogP contribution in [0.2, 0.25) is 0 Å². The molecule has 22 heavy (non-hydrogen) atoms. The third kappa shape index (κ3) is 5.00. The lowest BCUT2D eigenvalue weighted by molar-refractivity contribution is 0.0635. The fourth-order valence-electron chi connectivity index (χ4n) is 1.72. The van der Waals surface area contributed by atoms with Crippen LogP contribution in [0.1, 0.15) is 38.7 Å². The first-order chi connectivity index (χ1) is 10.3. The fraction of sp³-hybridized carbons (Fsp3) is 0.400. The molecule has 0 spiro atoms. The minimum absolute atomic E-state index is 0.103. The van der Waals surface area contributed by atoms with Crippen molar-refractivity contribution in [2.75, 3.05) is 10.6 Å². The number of nitrogens with zero attached hydrogens (tertiary/aromatic N) is 2. The molecule has 0 bridgehead atoms. The van der Waals surface area contributed by atoms with Crippen molar-refractivity contribution >= 4 is 28.9 Å². The lowest BCUT2D eigenvalue weighted by Crippen LogP contribution is -2.27. The normalized spacial score (nSPS) is 12.5. The molecule has 1 unspecified atom stereocenters. The van der Waals surface area contributed by atoms with E-state index in [4.69, 9.17) is 4.74 Å². The quantitative estimate of drug-likeness (QED) is 0.888. The average molecular weight is 320 g/mol. The molecule has 2 N–H and O–H groups in total. The monoisotopic (exact) mass is 320 g/mol. The molecular formula is C15H20N4O2S. The third-order valence-corrected chi connectivity index (χ3v) is 3.56. The Morgan fingerprint density at radius 2 is 2.09 bits per heavy atom. The van der Waals surface area contributed by atoms with E-state index in [2.05, 4.69) is 20.6 Å². The summed E-state index contributed by atoms with van der Waals surface area (Å²) in [5.74, 6) is 0.446. The predicted molar refractivity (Wildman–Crippen MR) is 88.2 cm³/mol. The molecule has 0 aliphatic rings. The molecule has 0 aliphatic heterocycles. The molecule has 2 aromatic heterocycles. The van der Waals surface area contributed by atoms with E-state index in [1.54, 1.807) is 29.8 Å². The maximum atomic E-state index is 11.7. The zero-order valence-corrected chi connectivity index (χ0v) is 13.9. The van der Waals surface area contributed by atoms with Crippen LogP contribution < -0.4 is 10.6 Å². The number of carbonyl (C=O) groups is 1. The second kappa shape index (κ2) is 6.74. The molecule has 0 radical (unpaired) electrons. The first kappa shape index (κ1) is 16.2. The van der Waals surface area contributed by atoms with Gasteiger partial charge in [0.05, 0.1) is 17.9 Å². The van der Waals surface area contributed by atoms with E-state index in [1.807, 2.05) is 39.1 Å². The number of carbonyl (C=O) groups excluding carboxylic acids is 1. The summed E-state index contributed by atoms with van der Waals surface area (Å²) in [6.45, 7) is 7.47. The van der Waals surface area contributed by atoms with Crippen molar-refractivity contribution in [1.82, 2.24) is 9.97 Å². The first-order valence-corrected chi connectivity index (χ1v) is 7.83.